The third-order valence-corrected chi connectivity index (χ3v) is 2.58. The van der Waals surface area contributed by atoms with Crippen LogP contribution in [0.2, 0.25) is 0 Å². The Hall–Kier alpha value is -1.87. The van der Waals surface area contributed by atoms with Crippen molar-refractivity contribution in [3.8, 4) is 0 Å². The van der Waals surface area contributed by atoms with Crippen molar-refractivity contribution in [3.05, 3.63) is 65.5 Å². The number of rotatable bonds is 4. The lowest BCUT2D eigenvalue weighted by Gasteiger charge is -2.08. The number of para-hydroxylation sites is 1. The van der Waals surface area contributed by atoms with Gasteiger partial charge in [-0.1, -0.05) is 36.4 Å². The molecule has 0 saturated heterocycles. The van der Waals surface area contributed by atoms with Gasteiger partial charge in [0.2, 0.25) is 0 Å². The Balaban J connectivity index is 2.05. The minimum Gasteiger partial charge on any atom is -0.379 e. The van der Waals surface area contributed by atoms with E-state index >= 15 is 0 Å². The maximum absolute atomic E-state index is 13.4. The van der Waals surface area contributed by atoms with Crippen LogP contribution < -0.4 is 11.1 Å². The van der Waals surface area contributed by atoms with Gasteiger partial charge in [0.1, 0.15) is 5.82 Å². The van der Waals surface area contributed by atoms with E-state index in [-0.39, 0.29) is 5.82 Å². The average molecular weight is 230 g/mol. The number of nitrogens with one attached hydrogen (secondary N) is 1. The topological polar surface area (TPSA) is 38.0 Å². The van der Waals surface area contributed by atoms with Crippen LogP contribution in [0.15, 0.2) is 48.5 Å². The molecule has 0 bridgehead atoms. The van der Waals surface area contributed by atoms with Crippen molar-refractivity contribution in [1.82, 2.24) is 0 Å². The third-order valence-electron chi connectivity index (χ3n) is 2.58. The fraction of sp³-hybridized carbons (Fsp3) is 0.143. The number of benzene rings is 2. The van der Waals surface area contributed by atoms with Gasteiger partial charge in [0.25, 0.3) is 0 Å². The molecule has 0 aliphatic carbocycles. The van der Waals surface area contributed by atoms with Gasteiger partial charge in [0.15, 0.2) is 0 Å². The standard InChI is InChI=1S/C14H15FN2/c15-13-6-1-2-7-14(13)17-10-12-5-3-4-11(8-12)9-16/h1-8,17H,9-10,16H2. The molecule has 88 valence electrons. The highest BCUT2D eigenvalue weighted by atomic mass is 19.1. The predicted octanol–water partition coefficient (Wildman–Crippen LogP) is 2.90. The van der Waals surface area contributed by atoms with Gasteiger partial charge in [-0.25, -0.2) is 4.39 Å². The third kappa shape index (κ3) is 3.04. The average Bonchev–Trinajstić information content (AvgIpc) is 2.38. The fourth-order valence-electron chi connectivity index (χ4n) is 1.67. The molecular formula is C14H15FN2. The Kier molecular flexibility index (Phi) is 3.73. The molecule has 0 fully saturated rings. The summed E-state index contributed by atoms with van der Waals surface area (Å²) in [6, 6.07) is 14.6. The number of anilines is 1. The normalized spacial score (nSPS) is 10.2. The highest BCUT2D eigenvalue weighted by Gasteiger charge is 2.00. The van der Waals surface area contributed by atoms with Crippen LogP contribution in [0, 0.1) is 5.82 Å². The molecule has 0 radical (unpaired) electrons. The van der Waals surface area contributed by atoms with Crippen LogP contribution in [0.3, 0.4) is 0 Å². The minimum atomic E-state index is -0.234. The first kappa shape index (κ1) is 11.6. The van der Waals surface area contributed by atoms with E-state index in [0.29, 0.717) is 18.8 Å². The zero-order chi connectivity index (χ0) is 12.1. The first-order valence-corrected chi connectivity index (χ1v) is 5.56. The summed E-state index contributed by atoms with van der Waals surface area (Å²) in [7, 11) is 0. The summed E-state index contributed by atoms with van der Waals surface area (Å²) in [4.78, 5) is 0. The number of nitrogens with two attached hydrogens (primary N) is 1. The van der Waals surface area contributed by atoms with Gasteiger partial charge < -0.3 is 11.1 Å². The summed E-state index contributed by atoms with van der Waals surface area (Å²) >= 11 is 0. The zero-order valence-electron chi connectivity index (χ0n) is 9.49. The van der Waals surface area contributed by atoms with Crippen molar-refractivity contribution >= 4 is 5.69 Å². The molecule has 0 heterocycles. The van der Waals surface area contributed by atoms with Crippen molar-refractivity contribution in [1.29, 1.82) is 0 Å². The monoisotopic (exact) mass is 230 g/mol. The Morgan fingerprint density at radius 2 is 1.76 bits per heavy atom. The summed E-state index contributed by atoms with van der Waals surface area (Å²) in [5, 5.41) is 3.06. The van der Waals surface area contributed by atoms with E-state index in [1.54, 1.807) is 12.1 Å². The van der Waals surface area contributed by atoms with E-state index < -0.39 is 0 Å². The number of hydrogen-bond acceptors (Lipinski definition) is 2. The summed E-state index contributed by atoms with van der Waals surface area (Å²) in [5.74, 6) is -0.234. The highest BCUT2D eigenvalue weighted by molar-refractivity contribution is 5.45. The van der Waals surface area contributed by atoms with E-state index in [4.69, 9.17) is 5.73 Å². The van der Waals surface area contributed by atoms with Gasteiger partial charge in [0, 0.05) is 13.1 Å². The van der Waals surface area contributed by atoms with Gasteiger partial charge in [0.05, 0.1) is 5.69 Å². The Labute approximate surface area is 100 Å². The van der Waals surface area contributed by atoms with Crippen LogP contribution in [-0.4, -0.2) is 0 Å². The molecule has 0 spiro atoms. The van der Waals surface area contributed by atoms with Gasteiger partial charge in [-0.3, -0.25) is 0 Å². The zero-order valence-corrected chi connectivity index (χ0v) is 9.49. The molecule has 2 aromatic rings. The van der Waals surface area contributed by atoms with Crippen molar-refractivity contribution in [3.63, 3.8) is 0 Å². The molecule has 3 heteroatoms. The van der Waals surface area contributed by atoms with Gasteiger partial charge in [-0.2, -0.15) is 0 Å². The molecule has 17 heavy (non-hydrogen) atoms. The van der Waals surface area contributed by atoms with Crippen molar-refractivity contribution in [2.45, 2.75) is 13.1 Å². The van der Waals surface area contributed by atoms with E-state index in [1.165, 1.54) is 6.07 Å². The molecule has 0 saturated carbocycles. The molecule has 0 aliphatic heterocycles. The molecule has 0 amide bonds. The van der Waals surface area contributed by atoms with Crippen molar-refractivity contribution in [2.24, 2.45) is 5.73 Å². The molecule has 0 aliphatic rings. The number of hydrogen-bond donors (Lipinski definition) is 2. The van der Waals surface area contributed by atoms with Crippen LogP contribution in [0.1, 0.15) is 11.1 Å². The molecule has 2 nitrogen and oxygen atoms in total. The molecule has 0 aromatic heterocycles. The van der Waals surface area contributed by atoms with Crippen LogP contribution >= 0.6 is 0 Å². The van der Waals surface area contributed by atoms with Gasteiger partial charge in [-0.05, 0) is 23.3 Å². The first-order chi connectivity index (χ1) is 8.29. The molecule has 3 N–H and O–H groups in total. The van der Waals surface area contributed by atoms with E-state index in [2.05, 4.69) is 5.32 Å². The summed E-state index contributed by atoms with van der Waals surface area (Å²) in [5.41, 5.74) is 8.26. The SMILES string of the molecule is NCc1cccc(CNc2ccccc2F)c1. The lowest BCUT2D eigenvalue weighted by Crippen LogP contribution is -2.03. The molecule has 2 aromatic carbocycles. The second-order valence-corrected chi connectivity index (χ2v) is 3.86. The van der Waals surface area contributed by atoms with E-state index in [9.17, 15) is 4.39 Å². The van der Waals surface area contributed by atoms with Crippen LogP contribution in [0.25, 0.3) is 0 Å². The molecular weight excluding hydrogens is 215 g/mol. The first-order valence-electron chi connectivity index (χ1n) is 5.56. The van der Waals surface area contributed by atoms with Crippen LogP contribution in [-0.2, 0) is 13.1 Å². The lowest BCUT2D eigenvalue weighted by molar-refractivity contribution is 0.630. The fourth-order valence-corrected chi connectivity index (χ4v) is 1.67. The second kappa shape index (κ2) is 5.46. The maximum Gasteiger partial charge on any atom is 0.146 e. The van der Waals surface area contributed by atoms with Gasteiger partial charge in [-0.15, -0.1) is 0 Å². The largest absolute Gasteiger partial charge is 0.379 e. The molecule has 0 atom stereocenters. The number of halogens is 1. The minimum absolute atomic E-state index is 0.234. The highest BCUT2D eigenvalue weighted by Crippen LogP contribution is 2.14. The van der Waals surface area contributed by atoms with Crippen molar-refractivity contribution < 1.29 is 4.39 Å². The summed E-state index contributed by atoms with van der Waals surface area (Å²) in [6.07, 6.45) is 0. The van der Waals surface area contributed by atoms with Crippen molar-refractivity contribution in [2.75, 3.05) is 5.32 Å². The van der Waals surface area contributed by atoms with Crippen LogP contribution in [0.5, 0.6) is 0 Å². The summed E-state index contributed by atoms with van der Waals surface area (Å²) < 4.78 is 13.4. The smallest absolute Gasteiger partial charge is 0.146 e. The quantitative estimate of drug-likeness (QED) is 0.847. The second-order valence-electron chi connectivity index (χ2n) is 3.86. The van der Waals surface area contributed by atoms with E-state index in [1.807, 2.05) is 30.3 Å². The lowest BCUT2D eigenvalue weighted by atomic mass is 10.1. The Morgan fingerprint density at radius 3 is 2.53 bits per heavy atom. The van der Waals surface area contributed by atoms with Gasteiger partial charge >= 0.3 is 0 Å². The maximum atomic E-state index is 13.4. The van der Waals surface area contributed by atoms with E-state index in [0.717, 1.165) is 11.1 Å². The van der Waals surface area contributed by atoms with Crippen LogP contribution in [0.4, 0.5) is 10.1 Å². The molecule has 0 unspecified atom stereocenters. The summed E-state index contributed by atoms with van der Waals surface area (Å²) in [6.45, 7) is 1.11. The Morgan fingerprint density at radius 1 is 1.00 bits per heavy atom. The molecule has 2 rings (SSSR count). The Bertz CT molecular complexity index is 497. The predicted molar refractivity (Wildman–Crippen MR) is 68.1 cm³/mol.